The van der Waals surface area contributed by atoms with Crippen LogP contribution >= 0.6 is 0 Å². The Balaban J connectivity index is 1.13. The van der Waals surface area contributed by atoms with Crippen LogP contribution in [-0.2, 0) is 10.8 Å². The molecule has 0 unspecified atom stereocenters. The monoisotopic (exact) mass is 707 g/mol. The van der Waals surface area contributed by atoms with Crippen molar-refractivity contribution < 1.29 is 8.83 Å². The van der Waals surface area contributed by atoms with Crippen LogP contribution in [0.1, 0.15) is 49.9 Å². The molecule has 2 aliphatic rings. The van der Waals surface area contributed by atoms with E-state index in [9.17, 15) is 0 Å². The van der Waals surface area contributed by atoms with Crippen molar-refractivity contribution in [2.45, 2.75) is 38.5 Å². The molecule has 55 heavy (non-hydrogen) atoms. The molecule has 0 saturated carbocycles. The average Bonchev–Trinajstić information content (AvgIpc) is 3.91. The summed E-state index contributed by atoms with van der Waals surface area (Å²) in [7, 11) is 0. The van der Waals surface area contributed by atoms with Gasteiger partial charge in [-0.25, -0.2) is 0 Å². The Morgan fingerprint density at radius 2 is 0.836 bits per heavy atom. The summed E-state index contributed by atoms with van der Waals surface area (Å²) in [6.45, 7) is 9.43. The molecule has 0 saturated heterocycles. The molecule has 0 aliphatic heterocycles. The zero-order valence-corrected chi connectivity index (χ0v) is 31.2. The van der Waals surface area contributed by atoms with Gasteiger partial charge in [0, 0.05) is 49.4 Å². The number of anilines is 3. The Kier molecular flexibility index (Phi) is 5.91. The summed E-state index contributed by atoms with van der Waals surface area (Å²) in [5.74, 6) is 0. The number of nitrogens with zero attached hydrogens (tertiary/aromatic N) is 1. The molecule has 0 radical (unpaired) electrons. The predicted octanol–water partition coefficient (Wildman–Crippen LogP) is 14.7. The summed E-state index contributed by atoms with van der Waals surface area (Å²) in [6, 6.07) is 55.4. The highest BCUT2D eigenvalue weighted by molar-refractivity contribution is 6.33. The number of rotatable bonds is 3. The van der Waals surface area contributed by atoms with Crippen LogP contribution in [0.25, 0.3) is 76.9 Å². The Morgan fingerprint density at radius 1 is 0.364 bits per heavy atom. The molecule has 12 rings (SSSR count). The highest BCUT2D eigenvalue weighted by atomic mass is 16.3. The molecule has 262 valence electrons. The van der Waals surface area contributed by atoms with Crippen molar-refractivity contribution in [3.05, 3.63) is 174 Å². The number of furan rings is 2. The van der Waals surface area contributed by atoms with E-state index in [1.807, 2.05) is 12.1 Å². The van der Waals surface area contributed by atoms with Crippen molar-refractivity contribution in [2.24, 2.45) is 0 Å². The van der Waals surface area contributed by atoms with Crippen LogP contribution in [0.3, 0.4) is 0 Å². The van der Waals surface area contributed by atoms with Gasteiger partial charge in [-0.15, -0.1) is 0 Å². The number of benzene rings is 8. The summed E-state index contributed by atoms with van der Waals surface area (Å²) in [5.41, 5.74) is 17.3. The maximum Gasteiger partial charge on any atom is 0.147 e. The first kappa shape index (κ1) is 30.8. The van der Waals surface area contributed by atoms with Crippen LogP contribution in [0.15, 0.2) is 160 Å². The summed E-state index contributed by atoms with van der Waals surface area (Å²) < 4.78 is 13.4. The molecule has 0 amide bonds. The molecule has 0 bridgehead atoms. The van der Waals surface area contributed by atoms with Crippen LogP contribution in [-0.4, -0.2) is 0 Å². The first-order valence-corrected chi connectivity index (χ1v) is 19.3. The zero-order chi connectivity index (χ0) is 36.8. The van der Waals surface area contributed by atoms with E-state index in [-0.39, 0.29) is 10.8 Å². The van der Waals surface area contributed by atoms with Gasteiger partial charge >= 0.3 is 0 Å². The van der Waals surface area contributed by atoms with Crippen LogP contribution in [0.4, 0.5) is 17.1 Å². The quantitative estimate of drug-likeness (QED) is 0.183. The molecular weight excluding hydrogens is 671 g/mol. The van der Waals surface area contributed by atoms with Gasteiger partial charge in [0.15, 0.2) is 0 Å². The van der Waals surface area contributed by atoms with Crippen molar-refractivity contribution >= 4 is 71.7 Å². The topological polar surface area (TPSA) is 29.5 Å². The van der Waals surface area contributed by atoms with Crippen LogP contribution in [0, 0.1) is 0 Å². The zero-order valence-electron chi connectivity index (χ0n) is 31.2. The fourth-order valence-electron chi connectivity index (χ4n) is 10.1. The molecule has 0 atom stereocenters. The van der Waals surface area contributed by atoms with E-state index in [1.54, 1.807) is 0 Å². The van der Waals surface area contributed by atoms with Gasteiger partial charge in [-0.1, -0.05) is 131 Å². The summed E-state index contributed by atoms with van der Waals surface area (Å²) in [5, 5.41) is 6.51. The molecule has 0 N–H and O–H groups in total. The lowest BCUT2D eigenvalue weighted by atomic mass is 9.82. The second kappa shape index (κ2) is 10.5. The van der Waals surface area contributed by atoms with Crippen molar-refractivity contribution in [3.8, 4) is 22.3 Å². The second-order valence-electron chi connectivity index (χ2n) is 16.5. The average molecular weight is 708 g/mol. The smallest absolute Gasteiger partial charge is 0.147 e. The maximum atomic E-state index is 6.86. The lowest BCUT2D eigenvalue weighted by Gasteiger charge is -2.29. The molecule has 0 spiro atoms. The first-order chi connectivity index (χ1) is 26.8. The molecule has 2 heterocycles. The van der Waals surface area contributed by atoms with E-state index in [4.69, 9.17) is 8.83 Å². The fourth-order valence-corrected chi connectivity index (χ4v) is 10.1. The molecule has 8 aromatic carbocycles. The predicted molar refractivity (Wildman–Crippen MR) is 228 cm³/mol. The first-order valence-electron chi connectivity index (χ1n) is 19.3. The second-order valence-corrected chi connectivity index (χ2v) is 16.5. The highest BCUT2D eigenvalue weighted by Gasteiger charge is 2.38. The van der Waals surface area contributed by atoms with Crippen molar-refractivity contribution in [3.63, 3.8) is 0 Å². The van der Waals surface area contributed by atoms with Gasteiger partial charge < -0.3 is 13.7 Å². The number of hydrogen-bond donors (Lipinski definition) is 0. The van der Waals surface area contributed by atoms with Crippen LogP contribution in [0.2, 0.25) is 0 Å². The van der Waals surface area contributed by atoms with Gasteiger partial charge in [-0.2, -0.15) is 0 Å². The minimum absolute atomic E-state index is 0.127. The van der Waals surface area contributed by atoms with Crippen molar-refractivity contribution in [1.29, 1.82) is 0 Å². The Bertz CT molecular complexity index is 3170. The van der Waals surface area contributed by atoms with E-state index in [2.05, 4.69) is 172 Å². The van der Waals surface area contributed by atoms with E-state index < -0.39 is 0 Å². The minimum atomic E-state index is -0.127. The lowest BCUT2D eigenvalue weighted by molar-refractivity contribution is 0.660. The van der Waals surface area contributed by atoms with Crippen LogP contribution < -0.4 is 4.90 Å². The van der Waals surface area contributed by atoms with Gasteiger partial charge in [-0.05, 0) is 98.4 Å². The van der Waals surface area contributed by atoms with E-state index >= 15 is 0 Å². The molecule has 2 aliphatic carbocycles. The van der Waals surface area contributed by atoms with E-state index in [0.717, 1.165) is 71.7 Å². The molecular formula is C52H37NO2. The molecule has 10 aromatic rings. The molecule has 2 aromatic heterocycles. The van der Waals surface area contributed by atoms with Gasteiger partial charge in [0.1, 0.15) is 22.3 Å². The highest BCUT2D eigenvalue weighted by Crippen LogP contribution is 2.54. The van der Waals surface area contributed by atoms with Crippen LogP contribution in [0.5, 0.6) is 0 Å². The van der Waals surface area contributed by atoms with Crippen molar-refractivity contribution in [2.75, 3.05) is 4.90 Å². The molecule has 3 nitrogen and oxygen atoms in total. The number of para-hydroxylation sites is 1. The van der Waals surface area contributed by atoms with E-state index in [0.29, 0.717) is 0 Å². The Labute approximate surface area is 319 Å². The normalized spacial score (nSPS) is 14.8. The lowest BCUT2D eigenvalue weighted by Crippen LogP contribution is -2.18. The van der Waals surface area contributed by atoms with Gasteiger partial charge in [0.2, 0.25) is 0 Å². The van der Waals surface area contributed by atoms with Gasteiger partial charge in [0.05, 0.1) is 5.39 Å². The standard InChI is InChI=1S/C52H37NO2/c1-51(2)41-18-10-7-13-33(41)35-24-21-31(28-43(35)51)53(32-22-25-36-34-14-8-11-19-42(34)52(3,4)44(36)29-32)30-23-26-46-40(27-30)47-37-15-5-6-16-38(37)49-48(50(47)55-46)39-17-9-12-20-45(39)54-49/h5-29H,1-4H3. The number of fused-ring (bicyclic) bond motifs is 16. The molecule has 0 fully saturated rings. The molecule has 3 heteroatoms. The van der Waals surface area contributed by atoms with Gasteiger partial charge in [0.25, 0.3) is 0 Å². The number of hydrogen-bond acceptors (Lipinski definition) is 3. The third-order valence-electron chi connectivity index (χ3n) is 12.8. The summed E-state index contributed by atoms with van der Waals surface area (Å²) in [4.78, 5) is 2.45. The SMILES string of the molecule is CC1(C)c2ccccc2-c2ccc(N(c3ccc4c(c3)C(C)(C)c3ccccc3-4)c3ccc4oc5c(c4c3)c3ccccc3c3oc4ccccc4c35)cc21. The minimum Gasteiger partial charge on any atom is -0.455 e. The van der Waals surface area contributed by atoms with Gasteiger partial charge in [-0.3, -0.25) is 0 Å². The summed E-state index contributed by atoms with van der Waals surface area (Å²) in [6.07, 6.45) is 0. The Hall–Kier alpha value is -6.58. The van der Waals surface area contributed by atoms with Crippen molar-refractivity contribution in [1.82, 2.24) is 0 Å². The van der Waals surface area contributed by atoms with E-state index in [1.165, 1.54) is 44.5 Å². The maximum absolute atomic E-state index is 6.86. The third kappa shape index (κ3) is 4.00. The Morgan fingerprint density at radius 3 is 1.49 bits per heavy atom. The third-order valence-corrected chi connectivity index (χ3v) is 12.8. The largest absolute Gasteiger partial charge is 0.455 e. The summed E-state index contributed by atoms with van der Waals surface area (Å²) >= 11 is 0. The fraction of sp³-hybridized carbons (Fsp3) is 0.115.